The number of anilines is 1. The van der Waals surface area contributed by atoms with Gasteiger partial charge in [-0.05, 0) is 57.2 Å². The van der Waals surface area contributed by atoms with Crippen molar-refractivity contribution in [3.05, 3.63) is 62.5 Å². The summed E-state index contributed by atoms with van der Waals surface area (Å²) in [6.07, 6.45) is 2.04. The Morgan fingerprint density at radius 1 is 1.17 bits per heavy atom. The molecule has 2 aliphatic heterocycles. The number of hydrogen-bond donors (Lipinski definition) is 7. The van der Waals surface area contributed by atoms with Crippen LogP contribution < -0.4 is 31.8 Å². The average molecular weight is 687 g/mol. The number of benzene rings is 2. The number of aliphatic imine (C=N–C) groups is 1. The lowest BCUT2D eigenvalue weighted by molar-refractivity contribution is -0.0231. The van der Waals surface area contributed by atoms with Crippen LogP contribution in [0.5, 0.6) is 11.5 Å². The molecule has 3 heterocycles. The van der Waals surface area contributed by atoms with E-state index in [2.05, 4.69) is 10.5 Å². The molecule has 1 saturated carbocycles. The zero-order valence-electron chi connectivity index (χ0n) is 26.5. The average Bonchev–Trinajstić information content (AvgIpc) is 3.71. The third-order valence-corrected chi connectivity index (χ3v) is 11.6. The van der Waals surface area contributed by atoms with E-state index in [4.69, 9.17) is 25.4 Å². The van der Waals surface area contributed by atoms with E-state index in [1.165, 1.54) is 21.6 Å². The van der Waals surface area contributed by atoms with Crippen LogP contribution in [-0.4, -0.2) is 62.2 Å². The van der Waals surface area contributed by atoms with Crippen LogP contribution in [0.1, 0.15) is 80.1 Å². The molecule has 0 amide bonds. The molecular weight excluding hydrogens is 645 g/mol. The summed E-state index contributed by atoms with van der Waals surface area (Å²) in [6.45, 7) is 2.93. The zero-order valence-corrected chi connectivity index (χ0v) is 28.1. The van der Waals surface area contributed by atoms with Gasteiger partial charge in [0.05, 0.1) is 24.0 Å². The molecule has 3 aromatic rings. The molecule has 3 atom stereocenters. The molecule has 6 rings (SSSR count). The van der Waals surface area contributed by atoms with Gasteiger partial charge in [-0.15, -0.1) is 0 Å². The van der Waals surface area contributed by atoms with Gasteiger partial charge >= 0.3 is 0 Å². The topological polar surface area (TPSA) is 206 Å². The molecule has 3 aliphatic rings. The fraction of sp³-hybridized carbons (Fsp3) is 0.515. The molecular formula is C33H42N4O8S2. The first kappa shape index (κ1) is 33.7. The van der Waals surface area contributed by atoms with Crippen LogP contribution in [0.2, 0.25) is 0 Å². The summed E-state index contributed by atoms with van der Waals surface area (Å²) >= 11 is 0. The Balaban J connectivity index is 1.62. The molecule has 14 heteroatoms. The van der Waals surface area contributed by atoms with Crippen molar-refractivity contribution in [2.45, 2.75) is 94.0 Å². The number of aliphatic hydroxyl groups is 3. The molecule has 9 N–H and O–H groups in total. The van der Waals surface area contributed by atoms with E-state index in [0.29, 0.717) is 34.9 Å². The Kier molecular flexibility index (Phi) is 9.62. The van der Waals surface area contributed by atoms with Gasteiger partial charge in [0, 0.05) is 47.5 Å². The highest BCUT2D eigenvalue weighted by molar-refractivity contribution is 8.76. The number of hydrogen-bond acceptors (Lipinski definition) is 12. The van der Waals surface area contributed by atoms with Gasteiger partial charge in [0.25, 0.3) is 0 Å². The lowest BCUT2D eigenvalue weighted by Crippen LogP contribution is -2.40. The molecule has 2 bridgehead atoms. The molecule has 0 unspecified atom stereocenters. The van der Waals surface area contributed by atoms with Crippen molar-refractivity contribution < 1.29 is 34.4 Å². The molecule has 1 aromatic heterocycles. The van der Waals surface area contributed by atoms with Crippen molar-refractivity contribution >= 4 is 44.2 Å². The molecule has 254 valence electrons. The van der Waals surface area contributed by atoms with Crippen LogP contribution in [0.3, 0.4) is 0 Å². The van der Waals surface area contributed by atoms with Crippen LogP contribution in [-0.2, 0) is 18.6 Å². The Labute approximate surface area is 280 Å². The molecule has 47 heavy (non-hydrogen) atoms. The van der Waals surface area contributed by atoms with Crippen LogP contribution in [0.4, 0.5) is 5.69 Å². The summed E-state index contributed by atoms with van der Waals surface area (Å²) in [5, 5.41) is 43.0. The Morgan fingerprint density at radius 3 is 2.53 bits per heavy atom. The quantitative estimate of drug-likeness (QED) is 0.0778. The number of ether oxygens (including phenoxy) is 2. The predicted octanol–water partition coefficient (Wildman–Crippen LogP) is 3.90. The summed E-state index contributed by atoms with van der Waals surface area (Å²) in [5.74, 6) is 1.34. The smallest absolute Gasteiger partial charge is 0.200 e. The van der Waals surface area contributed by atoms with E-state index in [9.17, 15) is 25.3 Å². The number of fused-ring (bicyclic) bond motifs is 3. The van der Waals surface area contributed by atoms with Crippen molar-refractivity contribution in [2.24, 2.45) is 16.5 Å². The highest BCUT2D eigenvalue weighted by atomic mass is 33.1. The van der Waals surface area contributed by atoms with Crippen LogP contribution in [0.25, 0.3) is 11.0 Å². The summed E-state index contributed by atoms with van der Waals surface area (Å²) < 4.78 is 19.8. The van der Waals surface area contributed by atoms with E-state index in [-0.39, 0.29) is 58.4 Å². The maximum Gasteiger partial charge on any atom is 0.200 e. The van der Waals surface area contributed by atoms with Crippen LogP contribution in [0.15, 0.2) is 38.5 Å². The van der Waals surface area contributed by atoms with E-state index < -0.39 is 30.0 Å². The first-order chi connectivity index (χ1) is 22.4. The van der Waals surface area contributed by atoms with Crippen LogP contribution in [0, 0.1) is 0 Å². The van der Waals surface area contributed by atoms with Crippen LogP contribution >= 0.6 is 21.6 Å². The first-order valence-electron chi connectivity index (χ1n) is 15.8. The number of aliphatic hydroxyl groups excluding tert-OH is 2. The van der Waals surface area contributed by atoms with Gasteiger partial charge in [-0.3, -0.25) is 15.5 Å². The van der Waals surface area contributed by atoms with Crippen molar-refractivity contribution in [2.75, 3.05) is 17.8 Å². The number of guanidine groups is 1. The lowest BCUT2D eigenvalue weighted by atomic mass is 9.90. The van der Waals surface area contributed by atoms with Gasteiger partial charge in [0.1, 0.15) is 46.0 Å². The lowest BCUT2D eigenvalue weighted by Gasteiger charge is -2.29. The fourth-order valence-corrected chi connectivity index (χ4v) is 9.22. The van der Waals surface area contributed by atoms with E-state index in [1.54, 1.807) is 38.1 Å². The number of nitrogens with zero attached hydrogens (tertiary/aromatic N) is 1. The second kappa shape index (κ2) is 13.4. The van der Waals surface area contributed by atoms with Crippen molar-refractivity contribution in [3.63, 3.8) is 0 Å². The SMILES string of the molecule is CC(C)(O)[C@@H]1Cc2c(c3c4oc(c(Cc5ccc(NO)cc5)c(=O)c4c2OC2CCCC2)[C@H](O)C[C@@](CO)(N=C(N)N)CSSC3)O1. The molecule has 0 saturated heterocycles. The van der Waals surface area contributed by atoms with E-state index in [0.717, 1.165) is 36.8 Å². The minimum atomic E-state index is -1.37. The van der Waals surface area contributed by atoms with Crippen molar-refractivity contribution in [1.82, 2.24) is 0 Å². The molecule has 1 aliphatic carbocycles. The third kappa shape index (κ3) is 6.76. The molecule has 2 aromatic carbocycles. The highest BCUT2D eigenvalue weighted by Crippen LogP contribution is 2.50. The van der Waals surface area contributed by atoms with Crippen molar-refractivity contribution in [3.8, 4) is 11.5 Å². The predicted molar refractivity (Wildman–Crippen MR) is 183 cm³/mol. The number of nitrogens with one attached hydrogen (secondary N) is 1. The van der Waals surface area contributed by atoms with Crippen molar-refractivity contribution in [1.29, 1.82) is 0 Å². The zero-order chi connectivity index (χ0) is 33.5. The highest BCUT2D eigenvalue weighted by Gasteiger charge is 2.42. The molecule has 12 nitrogen and oxygen atoms in total. The summed E-state index contributed by atoms with van der Waals surface area (Å²) in [7, 11) is 2.89. The van der Waals surface area contributed by atoms with Gasteiger partial charge in [-0.1, -0.05) is 33.7 Å². The number of nitrogens with two attached hydrogens (primary N) is 2. The summed E-state index contributed by atoms with van der Waals surface area (Å²) in [5.41, 5.74) is 14.0. The van der Waals surface area contributed by atoms with E-state index in [1.807, 2.05) is 0 Å². The summed E-state index contributed by atoms with van der Waals surface area (Å²) in [6, 6.07) is 6.88. The van der Waals surface area contributed by atoms with Gasteiger partial charge < -0.3 is 40.7 Å². The summed E-state index contributed by atoms with van der Waals surface area (Å²) in [4.78, 5) is 19.3. The molecule has 0 spiro atoms. The van der Waals surface area contributed by atoms with E-state index >= 15 is 0 Å². The largest absolute Gasteiger partial charge is 0.489 e. The second-order valence-corrected chi connectivity index (χ2v) is 15.7. The second-order valence-electron chi connectivity index (χ2n) is 13.2. The minimum absolute atomic E-state index is 0.0393. The Bertz CT molecular complexity index is 1720. The maximum absolute atomic E-state index is 14.9. The molecule has 1 fully saturated rings. The van der Waals surface area contributed by atoms with Gasteiger partial charge in [-0.25, -0.2) is 4.99 Å². The fourth-order valence-electron chi connectivity index (χ4n) is 6.67. The van der Waals surface area contributed by atoms with Gasteiger partial charge in [0.2, 0.25) is 0 Å². The monoisotopic (exact) mass is 686 g/mol. The Morgan fingerprint density at radius 2 is 1.89 bits per heavy atom. The number of rotatable bonds is 8. The van der Waals surface area contributed by atoms with Gasteiger partial charge in [-0.2, -0.15) is 0 Å². The standard InChI is InChI=1S/C33H42N4O8S2/c1-32(2,41)24-12-21-27(44-24)22-14-46-47-16-33(15-38,36-31(34)35)13-23(39)28-20(11-17-7-9-18(37-42)10-8-17)26(40)25(30(22)45-28)29(21)43-19-5-3-4-6-19/h7-10,19,23-24,37-39,41-42H,3-6,11-16H2,1-2H3,(H4,34,35,36)/t23-,24+,33+/m1/s1. The van der Waals surface area contributed by atoms with Gasteiger partial charge in [0.15, 0.2) is 11.4 Å². The Hall–Kier alpha value is -3.14. The normalized spacial score (nSPS) is 23.3. The maximum atomic E-state index is 14.9. The first-order valence-corrected chi connectivity index (χ1v) is 18.3. The molecule has 0 radical (unpaired) electrons. The minimum Gasteiger partial charge on any atom is -0.489 e. The third-order valence-electron chi connectivity index (χ3n) is 9.20.